The topological polar surface area (TPSA) is 75.0 Å². The van der Waals surface area contributed by atoms with Crippen molar-refractivity contribution in [2.24, 2.45) is 7.05 Å². The minimum absolute atomic E-state index is 0.0543. The van der Waals surface area contributed by atoms with Crippen LogP contribution < -0.4 is 0 Å². The number of carboxylic acids is 1. The van der Waals surface area contributed by atoms with E-state index in [1.54, 1.807) is 40.7 Å². The molecular weight excluding hydrogens is 310 g/mol. The number of hydrogen-bond acceptors (Lipinski definition) is 4. The third-order valence-corrected chi connectivity index (χ3v) is 3.74. The standard InChI is InChI=1S/C14H20ClN3O4/c1-16(9-13(19)20)7-11-8-18(3-4-22-11)14(21)12-5-10(15)6-17(12)2/h5-6,11H,3-4,7-9H2,1-2H3,(H,19,20). The van der Waals surface area contributed by atoms with Crippen molar-refractivity contribution in [3.8, 4) is 0 Å². The number of aliphatic carboxylic acids is 1. The van der Waals surface area contributed by atoms with Crippen LogP contribution in [0, 0.1) is 0 Å². The Morgan fingerprint density at radius 2 is 2.27 bits per heavy atom. The van der Waals surface area contributed by atoms with E-state index in [0.717, 1.165) is 0 Å². The van der Waals surface area contributed by atoms with Crippen LogP contribution in [-0.2, 0) is 16.6 Å². The highest BCUT2D eigenvalue weighted by Crippen LogP contribution is 2.16. The summed E-state index contributed by atoms with van der Waals surface area (Å²) in [5, 5.41) is 9.30. The molecule has 1 unspecified atom stereocenters. The molecule has 1 atom stereocenters. The predicted octanol–water partition coefficient (Wildman–Crippen LogP) is 0.536. The summed E-state index contributed by atoms with van der Waals surface area (Å²) in [6.45, 7) is 1.80. The van der Waals surface area contributed by atoms with Gasteiger partial charge < -0.3 is 19.3 Å². The number of carbonyl (C=O) groups is 2. The van der Waals surface area contributed by atoms with Gasteiger partial charge in [-0.3, -0.25) is 14.5 Å². The normalized spacial score (nSPS) is 18.7. The molecule has 0 aliphatic carbocycles. The van der Waals surface area contributed by atoms with Crippen LogP contribution in [0.2, 0.25) is 5.02 Å². The molecule has 7 nitrogen and oxygen atoms in total. The van der Waals surface area contributed by atoms with E-state index in [1.165, 1.54) is 0 Å². The van der Waals surface area contributed by atoms with Gasteiger partial charge in [0.2, 0.25) is 0 Å². The molecular formula is C14H20ClN3O4. The Labute approximate surface area is 134 Å². The molecule has 0 aromatic carbocycles. The highest BCUT2D eigenvalue weighted by Gasteiger charge is 2.27. The number of nitrogens with zero attached hydrogens (tertiary/aromatic N) is 3. The fourth-order valence-electron chi connectivity index (χ4n) is 2.56. The number of ether oxygens (including phenoxy) is 1. The fourth-order valence-corrected chi connectivity index (χ4v) is 2.81. The molecule has 1 aliphatic heterocycles. The molecule has 0 radical (unpaired) electrons. The summed E-state index contributed by atoms with van der Waals surface area (Å²) in [4.78, 5) is 26.6. The van der Waals surface area contributed by atoms with Crippen LogP contribution in [0.5, 0.6) is 0 Å². The number of morpholine rings is 1. The largest absolute Gasteiger partial charge is 0.480 e. The molecule has 1 aromatic rings. The second-order valence-corrected chi connectivity index (χ2v) is 5.93. The number of aromatic nitrogens is 1. The van der Waals surface area contributed by atoms with Crippen LogP contribution >= 0.6 is 11.6 Å². The molecule has 0 spiro atoms. The predicted molar refractivity (Wildman–Crippen MR) is 81.2 cm³/mol. The summed E-state index contributed by atoms with van der Waals surface area (Å²) >= 11 is 5.92. The SMILES string of the molecule is CN(CC(=O)O)CC1CN(C(=O)c2cc(Cl)cn2C)CCO1. The van der Waals surface area contributed by atoms with Crippen molar-refractivity contribution in [2.75, 3.05) is 39.8 Å². The van der Waals surface area contributed by atoms with Gasteiger partial charge in [-0.25, -0.2) is 0 Å². The Bertz CT molecular complexity index is 560. The molecule has 8 heteroatoms. The van der Waals surface area contributed by atoms with E-state index in [4.69, 9.17) is 21.4 Å². The van der Waals surface area contributed by atoms with Crippen molar-refractivity contribution in [1.82, 2.24) is 14.4 Å². The van der Waals surface area contributed by atoms with Gasteiger partial charge in [0.15, 0.2) is 0 Å². The van der Waals surface area contributed by atoms with Gasteiger partial charge in [-0.2, -0.15) is 0 Å². The number of rotatable bonds is 5. The van der Waals surface area contributed by atoms with Crippen LogP contribution in [0.3, 0.4) is 0 Å². The van der Waals surface area contributed by atoms with E-state index in [-0.39, 0.29) is 18.6 Å². The number of halogens is 1. The van der Waals surface area contributed by atoms with E-state index in [0.29, 0.717) is 37.0 Å². The summed E-state index contributed by atoms with van der Waals surface area (Å²) in [5.74, 6) is -0.978. The zero-order valence-corrected chi connectivity index (χ0v) is 13.4. The molecule has 1 N–H and O–H groups in total. The van der Waals surface area contributed by atoms with Crippen LogP contribution in [0.1, 0.15) is 10.5 Å². The average molecular weight is 330 g/mol. The number of carbonyl (C=O) groups excluding carboxylic acids is 1. The molecule has 0 bridgehead atoms. The highest BCUT2D eigenvalue weighted by atomic mass is 35.5. The molecule has 1 saturated heterocycles. The monoisotopic (exact) mass is 329 g/mol. The quantitative estimate of drug-likeness (QED) is 0.853. The maximum absolute atomic E-state index is 12.5. The number of hydrogen-bond donors (Lipinski definition) is 1. The highest BCUT2D eigenvalue weighted by molar-refractivity contribution is 6.31. The molecule has 1 aliphatic rings. The first-order valence-corrected chi connectivity index (χ1v) is 7.37. The van der Waals surface area contributed by atoms with E-state index >= 15 is 0 Å². The first-order valence-electron chi connectivity index (χ1n) is 7.00. The fraction of sp³-hybridized carbons (Fsp3) is 0.571. The number of aryl methyl sites for hydroxylation is 1. The van der Waals surface area contributed by atoms with Gasteiger partial charge in [0.25, 0.3) is 5.91 Å². The zero-order valence-electron chi connectivity index (χ0n) is 12.7. The zero-order chi connectivity index (χ0) is 16.3. The van der Waals surface area contributed by atoms with E-state index < -0.39 is 5.97 Å². The Hall–Kier alpha value is -1.57. The maximum Gasteiger partial charge on any atom is 0.317 e. The third kappa shape index (κ3) is 4.22. The Morgan fingerprint density at radius 1 is 1.55 bits per heavy atom. The smallest absolute Gasteiger partial charge is 0.317 e. The number of likely N-dealkylation sites (N-methyl/N-ethyl adjacent to an activating group) is 1. The molecule has 22 heavy (non-hydrogen) atoms. The van der Waals surface area contributed by atoms with Crippen molar-refractivity contribution < 1.29 is 19.4 Å². The van der Waals surface area contributed by atoms with Gasteiger partial charge in [-0.1, -0.05) is 11.6 Å². The lowest BCUT2D eigenvalue weighted by Crippen LogP contribution is -2.49. The van der Waals surface area contributed by atoms with Gasteiger partial charge in [0, 0.05) is 32.9 Å². The summed E-state index contributed by atoms with van der Waals surface area (Å²) in [6.07, 6.45) is 1.49. The lowest BCUT2D eigenvalue weighted by molar-refractivity contribution is -0.138. The molecule has 1 fully saturated rings. The summed E-state index contributed by atoms with van der Waals surface area (Å²) < 4.78 is 7.32. The average Bonchev–Trinajstić information content (AvgIpc) is 2.76. The van der Waals surface area contributed by atoms with Gasteiger partial charge in [-0.05, 0) is 13.1 Å². The molecule has 1 aromatic heterocycles. The molecule has 2 rings (SSSR count). The Kier molecular flexibility index (Phi) is 5.44. The molecule has 1 amide bonds. The van der Waals surface area contributed by atoms with Crippen LogP contribution in [0.15, 0.2) is 12.3 Å². The van der Waals surface area contributed by atoms with E-state index in [2.05, 4.69) is 0 Å². The molecule has 2 heterocycles. The minimum atomic E-state index is -0.885. The second kappa shape index (κ2) is 7.13. The van der Waals surface area contributed by atoms with Gasteiger partial charge in [0.05, 0.1) is 24.3 Å². The Morgan fingerprint density at radius 3 is 2.86 bits per heavy atom. The number of amides is 1. The van der Waals surface area contributed by atoms with E-state index in [1.807, 2.05) is 0 Å². The van der Waals surface area contributed by atoms with E-state index in [9.17, 15) is 9.59 Å². The summed E-state index contributed by atoms with van der Waals surface area (Å²) in [7, 11) is 3.49. The lowest BCUT2D eigenvalue weighted by atomic mass is 10.2. The van der Waals surface area contributed by atoms with Crippen LogP contribution in [-0.4, -0.2) is 77.3 Å². The van der Waals surface area contributed by atoms with Crippen molar-refractivity contribution in [1.29, 1.82) is 0 Å². The third-order valence-electron chi connectivity index (χ3n) is 3.54. The van der Waals surface area contributed by atoms with Gasteiger partial charge in [-0.15, -0.1) is 0 Å². The second-order valence-electron chi connectivity index (χ2n) is 5.49. The van der Waals surface area contributed by atoms with Gasteiger partial charge in [0.1, 0.15) is 5.69 Å². The van der Waals surface area contributed by atoms with Gasteiger partial charge >= 0.3 is 5.97 Å². The summed E-state index contributed by atoms with van der Waals surface area (Å²) in [5.41, 5.74) is 0.532. The first-order chi connectivity index (χ1) is 10.4. The first kappa shape index (κ1) is 16.8. The van der Waals surface area contributed by atoms with Crippen molar-refractivity contribution in [3.05, 3.63) is 23.0 Å². The van der Waals surface area contributed by atoms with Crippen molar-refractivity contribution >= 4 is 23.5 Å². The lowest BCUT2D eigenvalue weighted by Gasteiger charge is -2.34. The molecule has 0 saturated carbocycles. The Balaban J connectivity index is 1.96. The maximum atomic E-state index is 12.5. The van der Waals surface area contributed by atoms with Crippen molar-refractivity contribution in [2.45, 2.75) is 6.10 Å². The van der Waals surface area contributed by atoms with Crippen LogP contribution in [0.4, 0.5) is 0 Å². The minimum Gasteiger partial charge on any atom is -0.480 e. The molecule has 122 valence electrons. The van der Waals surface area contributed by atoms with Crippen molar-refractivity contribution in [3.63, 3.8) is 0 Å². The summed E-state index contributed by atoms with van der Waals surface area (Å²) in [6, 6.07) is 1.64. The number of carboxylic acid groups (broad SMARTS) is 1. The van der Waals surface area contributed by atoms with Crippen LogP contribution in [0.25, 0.3) is 0 Å².